The first-order chi connectivity index (χ1) is 5.65. The second-order valence-corrected chi connectivity index (χ2v) is 2.57. The smallest absolute Gasteiger partial charge is 0.351 e. The Morgan fingerprint density at radius 2 is 2.50 bits per heavy atom. The van der Waals surface area contributed by atoms with Gasteiger partial charge in [0, 0.05) is 11.9 Å². The summed E-state index contributed by atoms with van der Waals surface area (Å²) in [5.41, 5.74) is 4.67. The van der Waals surface area contributed by atoms with Crippen LogP contribution in [-0.4, -0.2) is 20.4 Å². The van der Waals surface area contributed by atoms with Crippen LogP contribution >= 0.6 is 12.6 Å². The summed E-state index contributed by atoms with van der Waals surface area (Å²) in [6, 6.07) is 1.44. The molecular formula is C6H9N3O2S. The van der Waals surface area contributed by atoms with Gasteiger partial charge in [0.1, 0.15) is 12.0 Å². The van der Waals surface area contributed by atoms with Crippen molar-refractivity contribution in [3.8, 4) is 0 Å². The number of aliphatic hydroxyl groups excluding tert-OH is 1. The van der Waals surface area contributed by atoms with Crippen LogP contribution in [0.25, 0.3) is 0 Å². The molecule has 1 atom stereocenters. The van der Waals surface area contributed by atoms with Crippen LogP contribution in [0, 0.1) is 0 Å². The Labute approximate surface area is 74.3 Å². The van der Waals surface area contributed by atoms with E-state index < -0.39 is 11.9 Å². The number of thiol groups is 1. The number of rotatable bonds is 2. The van der Waals surface area contributed by atoms with E-state index in [2.05, 4.69) is 17.6 Å². The predicted molar refractivity (Wildman–Crippen MR) is 48.0 cm³/mol. The molecule has 0 aliphatic carbocycles. The van der Waals surface area contributed by atoms with E-state index >= 15 is 0 Å². The third-order valence-corrected chi connectivity index (χ3v) is 1.66. The first-order valence-corrected chi connectivity index (χ1v) is 3.92. The van der Waals surface area contributed by atoms with Crippen molar-refractivity contribution in [2.75, 3.05) is 11.5 Å². The number of nitrogens with two attached hydrogens (primary N) is 1. The molecule has 0 aliphatic rings. The van der Waals surface area contributed by atoms with Crippen molar-refractivity contribution in [2.24, 2.45) is 0 Å². The van der Waals surface area contributed by atoms with Crippen molar-refractivity contribution in [2.45, 2.75) is 6.23 Å². The first kappa shape index (κ1) is 9.08. The predicted octanol–water partition coefficient (Wildman–Crippen LogP) is -0.754. The molecule has 1 unspecified atom stereocenters. The average molecular weight is 187 g/mol. The van der Waals surface area contributed by atoms with Crippen LogP contribution < -0.4 is 11.4 Å². The van der Waals surface area contributed by atoms with Crippen LogP contribution in [0.5, 0.6) is 0 Å². The van der Waals surface area contributed by atoms with E-state index in [4.69, 9.17) is 5.73 Å². The van der Waals surface area contributed by atoms with Gasteiger partial charge in [-0.3, -0.25) is 4.57 Å². The second kappa shape index (κ2) is 3.59. The van der Waals surface area contributed by atoms with Gasteiger partial charge in [-0.2, -0.15) is 17.6 Å². The number of anilines is 1. The summed E-state index contributed by atoms with van der Waals surface area (Å²) in [6.07, 6.45) is 0.430. The lowest BCUT2D eigenvalue weighted by molar-refractivity contribution is 0.124. The molecule has 0 bridgehead atoms. The summed E-state index contributed by atoms with van der Waals surface area (Å²) >= 11 is 3.83. The Kier molecular flexibility index (Phi) is 2.72. The van der Waals surface area contributed by atoms with Crippen molar-refractivity contribution in [1.82, 2.24) is 9.55 Å². The van der Waals surface area contributed by atoms with Gasteiger partial charge in [-0.05, 0) is 6.07 Å². The molecule has 0 spiro atoms. The maximum absolute atomic E-state index is 11.0. The summed E-state index contributed by atoms with van der Waals surface area (Å²) < 4.78 is 1.06. The Balaban J connectivity index is 3.10. The van der Waals surface area contributed by atoms with E-state index in [0.29, 0.717) is 0 Å². The zero-order valence-corrected chi connectivity index (χ0v) is 7.11. The molecular weight excluding hydrogens is 178 g/mol. The maximum Gasteiger partial charge on any atom is 0.351 e. The van der Waals surface area contributed by atoms with E-state index in [9.17, 15) is 9.90 Å². The van der Waals surface area contributed by atoms with E-state index in [1.807, 2.05) is 0 Å². The Bertz CT molecular complexity index is 325. The third-order valence-electron chi connectivity index (χ3n) is 1.34. The van der Waals surface area contributed by atoms with E-state index in [1.54, 1.807) is 0 Å². The summed E-state index contributed by atoms with van der Waals surface area (Å²) in [5, 5.41) is 9.21. The van der Waals surface area contributed by atoms with Gasteiger partial charge in [0.25, 0.3) is 0 Å². The lowest BCUT2D eigenvalue weighted by Crippen LogP contribution is -2.27. The monoisotopic (exact) mass is 187 g/mol. The largest absolute Gasteiger partial charge is 0.383 e. The van der Waals surface area contributed by atoms with Crippen LogP contribution in [0.2, 0.25) is 0 Å². The van der Waals surface area contributed by atoms with Gasteiger partial charge in [-0.15, -0.1) is 0 Å². The van der Waals surface area contributed by atoms with Crippen molar-refractivity contribution in [3.05, 3.63) is 22.7 Å². The van der Waals surface area contributed by atoms with Gasteiger partial charge in [0.15, 0.2) is 0 Å². The van der Waals surface area contributed by atoms with Gasteiger partial charge >= 0.3 is 5.69 Å². The third kappa shape index (κ3) is 1.77. The zero-order valence-electron chi connectivity index (χ0n) is 6.21. The molecule has 0 aromatic carbocycles. The molecule has 3 N–H and O–H groups in total. The van der Waals surface area contributed by atoms with Gasteiger partial charge in [0.2, 0.25) is 0 Å². The van der Waals surface area contributed by atoms with Gasteiger partial charge in [-0.25, -0.2) is 4.79 Å². The normalized spacial score (nSPS) is 12.8. The molecule has 0 saturated carbocycles. The lowest BCUT2D eigenvalue weighted by Gasteiger charge is -2.09. The number of aliphatic hydroxyl groups is 1. The van der Waals surface area contributed by atoms with Crippen molar-refractivity contribution in [1.29, 1.82) is 0 Å². The summed E-state index contributed by atoms with van der Waals surface area (Å²) in [4.78, 5) is 14.5. The molecule has 5 nitrogen and oxygen atoms in total. The first-order valence-electron chi connectivity index (χ1n) is 3.28. The molecule has 12 heavy (non-hydrogen) atoms. The minimum atomic E-state index is -0.950. The molecule has 1 rings (SSSR count). The fourth-order valence-electron chi connectivity index (χ4n) is 0.741. The van der Waals surface area contributed by atoms with Crippen molar-refractivity contribution >= 4 is 18.4 Å². The van der Waals surface area contributed by atoms with Gasteiger partial charge in [0.05, 0.1) is 0 Å². The molecule has 66 valence electrons. The van der Waals surface area contributed by atoms with Crippen LogP contribution in [0.3, 0.4) is 0 Å². The zero-order chi connectivity index (χ0) is 9.14. The Morgan fingerprint density at radius 3 is 3.00 bits per heavy atom. The highest BCUT2D eigenvalue weighted by Gasteiger charge is 2.05. The van der Waals surface area contributed by atoms with Gasteiger partial charge in [-0.1, -0.05) is 0 Å². The second-order valence-electron chi connectivity index (χ2n) is 2.21. The summed E-state index contributed by atoms with van der Waals surface area (Å²) in [7, 11) is 0. The molecule has 0 saturated heterocycles. The summed E-state index contributed by atoms with van der Waals surface area (Å²) in [5.74, 6) is 0.300. The fourth-order valence-corrected chi connectivity index (χ4v) is 0.917. The van der Waals surface area contributed by atoms with Crippen molar-refractivity contribution in [3.63, 3.8) is 0 Å². The number of hydrogen-bond acceptors (Lipinski definition) is 5. The maximum atomic E-state index is 11.0. The topological polar surface area (TPSA) is 81.1 Å². The minimum Gasteiger partial charge on any atom is -0.383 e. The Morgan fingerprint density at radius 1 is 1.83 bits per heavy atom. The van der Waals surface area contributed by atoms with Crippen LogP contribution in [0.15, 0.2) is 17.1 Å². The van der Waals surface area contributed by atoms with E-state index in [0.717, 1.165) is 4.57 Å². The van der Waals surface area contributed by atoms with E-state index in [-0.39, 0.29) is 11.6 Å². The molecule has 0 aliphatic heterocycles. The highest BCUT2D eigenvalue weighted by molar-refractivity contribution is 7.80. The SMILES string of the molecule is Nc1ccn(C(O)CS)c(=O)n1. The summed E-state index contributed by atoms with van der Waals surface area (Å²) in [6.45, 7) is 0. The fraction of sp³-hybridized carbons (Fsp3) is 0.333. The standard InChI is InChI=1S/C6H9N3O2S/c7-4-1-2-9(5(10)3-12)6(11)8-4/h1-2,5,10,12H,3H2,(H2,7,8,11). The van der Waals surface area contributed by atoms with Crippen LogP contribution in [0.1, 0.15) is 6.23 Å². The number of nitrogen functional groups attached to an aromatic ring is 1. The number of aromatic nitrogens is 2. The van der Waals surface area contributed by atoms with Gasteiger partial charge < -0.3 is 10.8 Å². The molecule has 0 radical (unpaired) electrons. The molecule has 0 fully saturated rings. The molecule has 1 heterocycles. The lowest BCUT2D eigenvalue weighted by atomic mass is 10.5. The average Bonchev–Trinajstić information content (AvgIpc) is 2.03. The van der Waals surface area contributed by atoms with Crippen LogP contribution in [-0.2, 0) is 0 Å². The number of hydrogen-bond donors (Lipinski definition) is 3. The van der Waals surface area contributed by atoms with E-state index in [1.165, 1.54) is 12.3 Å². The molecule has 1 aromatic rings. The number of nitrogens with zero attached hydrogens (tertiary/aromatic N) is 2. The molecule has 1 aromatic heterocycles. The molecule has 6 heteroatoms. The molecule has 0 amide bonds. The van der Waals surface area contributed by atoms with Crippen molar-refractivity contribution < 1.29 is 5.11 Å². The highest BCUT2D eigenvalue weighted by atomic mass is 32.1. The van der Waals surface area contributed by atoms with Crippen LogP contribution in [0.4, 0.5) is 5.82 Å². The Hall–Kier alpha value is -1.01. The minimum absolute atomic E-state index is 0.141. The highest BCUT2D eigenvalue weighted by Crippen LogP contribution is 2.00. The quantitative estimate of drug-likeness (QED) is 0.532.